The fourth-order valence-corrected chi connectivity index (χ4v) is 11.4. The summed E-state index contributed by atoms with van der Waals surface area (Å²) in [6, 6.07) is 25.5. The summed E-state index contributed by atoms with van der Waals surface area (Å²) in [5.74, 6) is -10.2. The van der Waals surface area contributed by atoms with Crippen LogP contribution in [-0.2, 0) is 16.2 Å². The van der Waals surface area contributed by atoms with Crippen molar-refractivity contribution in [2.24, 2.45) is 0 Å². The molecule has 1 aliphatic rings. The van der Waals surface area contributed by atoms with Crippen molar-refractivity contribution in [3.05, 3.63) is 150 Å². The lowest BCUT2D eigenvalue weighted by Crippen LogP contribution is -2.44. The maximum atomic E-state index is 17.1. The first-order chi connectivity index (χ1) is 28.4. The van der Waals surface area contributed by atoms with Crippen LogP contribution in [0.3, 0.4) is 0 Å². The van der Waals surface area contributed by atoms with Crippen LogP contribution in [-0.4, -0.2) is 35.4 Å². The van der Waals surface area contributed by atoms with Crippen molar-refractivity contribution >= 4 is 33.8 Å². The molecule has 0 radical (unpaired) electrons. The molecule has 0 spiro atoms. The first-order valence-corrected chi connectivity index (χ1v) is 21.8. The van der Waals surface area contributed by atoms with Gasteiger partial charge in [-0.3, -0.25) is 0 Å². The van der Waals surface area contributed by atoms with E-state index >= 15 is 22.0 Å². The average molecular weight is 873 g/mol. The largest absolute Gasteiger partial charge is 0.507 e. The van der Waals surface area contributed by atoms with Crippen LogP contribution in [0.5, 0.6) is 11.5 Å². The molecule has 0 unspecified atom stereocenters. The number of thiophene rings is 2. The highest BCUT2D eigenvalue weighted by molar-refractivity contribution is 7.18. The maximum Gasteiger partial charge on any atom is 0.342 e. The van der Waals surface area contributed by atoms with Crippen molar-refractivity contribution in [3.8, 4) is 32.4 Å². The third-order valence-corrected chi connectivity index (χ3v) is 14.6. The molecule has 0 bridgehead atoms. The van der Waals surface area contributed by atoms with Crippen LogP contribution in [0.4, 0.5) is 26.3 Å². The topological polar surface area (TPSA) is 40.5 Å². The number of hydrogen-bond acceptors (Lipinski definition) is 4. The lowest BCUT2D eigenvalue weighted by molar-refractivity contribution is -0.180. The summed E-state index contributed by atoms with van der Waals surface area (Å²) < 4.78 is 96.2. The summed E-state index contributed by atoms with van der Waals surface area (Å²) in [4.78, 5) is 1.61. The van der Waals surface area contributed by atoms with E-state index in [4.69, 9.17) is 0 Å². The highest BCUT2D eigenvalue weighted by atomic mass is 32.1. The molecule has 0 aliphatic heterocycles. The summed E-state index contributed by atoms with van der Waals surface area (Å²) >= 11 is 2.38. The average Bonchev–Trinajstić information content (AvgIpc) is 3.82. The lowest BCUT2D eigenvalue weighted by Gasteiger charge is -2.36. The molecule has 4 aromatic carbocycles. The third kappa shape index (κ3) is 7.21. The Labute approximate surface area is 362 Å². The molecule has 0 saturated carbocycles. The summed E-state index contributed by atoms with van der Waals surface area (Å²) in [7, 11) is 0. The highest BCUT2D eigenvalue weighted by Gasteiger charge is 2.62. The number of halogens is 6. The number of rotatable bonds is 8. The molecule has 0 saturated heterocycles. The second-order valence-electron chi connectivity index (χ2n) is 18.4. The van der Waals surface area contributed by atoms with Gasteiger partial charge in [0.15, 0.2) is 6.67 Å². The smallest absolute Gasteiger partial charge is 0.342 e. The van der Waals surface area contributed by atoms with Gasteiger partial charge in [0.05, 0.1) is 5.41 Å². The summed E-state index contributed by atoms with van der Waals surface area (Å²) in [5, 5.41) is 21.5. The van der Waals surface area contributed by atoms with Gasteiger partial charge >= 0.3 is 11.8 Å². The molecular formula is C51H50F6O2S2. The van der Waals surface area contributed by atoms with Gasteiger partial charge in [0.2, 0.25) is 0 Å². The number of hydrogen-bond donors (Lipinski definition) is 2. The van der Waals surface area contributed by atoms with Crippen molar-refractivity contribution < 1.29 is 36.6 Å². The molecule has 2 aromatic heterocycles. The Balaban J connectivity index is 1.75. The molecule has 61 heavy (non-hydrogen) atoms. The molecule has 10 heteroatoms. The van der Waals surface area contributed by atoms with E-state index < -0.39 is 41.8 Å². The molecule has 0 fully saturated rings. The van der Waals surface area contributed by atoms with Crippen LogP contribution in [0.25, 0.3) is 32.0 Å². The van der Waals surface area contributed by atoms with Crippen LogP contribution in [0.1, 0.15) is 107 Å². The van der Waals surface area contributed by atoms with Gasteiger partial charge in [-0.25, -0.2) is 8.78 Å². The second-order valence-corrected chi connectivity index (χ2v) is 20.5. The van der Waals surface area contributed by atoms with Crippen molar-refractivity contribution in [1.29, 1.82) is 0 Å². The van der Waals surface area contributed by atoms with E-state index in [1.54, 1.807) is 58.0 Å². The number of aryl methyl sites for hydroxylation is 4. The number of fused-ring (bicyclic) bond motifs is 2. The molecule has 1 aliphatic carbocycles. The van der Waals surface area contributed by atoms with Crippen LogP contribution in [0.2, 0.25) is 0 Å². The van der Waals surface area contributed by atoms with E-state index in [1.165, 1.54) is 17.4 Å². The van der Waals surface area contributed by atoms with Gasteiger partial charge in [0, 0.05) is 36.2 Å². The standard InChI is InChI=1S/C51H50F6O2S2/c1-27-19-31(20-28(2)43(27)58)40-23-37-39(25-52)42(51(56,57)49(54,55)26-53)38-24-41(32-21-29(3)44(59)30(4)22-32)61-46(38)50(45(37)60-40,35-15-11-33(12-16-35)47(5,6)7)36-17-13-34(14-18-36)48(8,9)10/h11-24,58-59H,25-26H2,1-10H3. The van der Waals surface area contributed by atoms with Crippen molar-refractivity contribution in [3.63, 3.8) is 0 Å². The minimum absolute atomic E-state index is 0.0104. The summed E-state index contributed by atoms with van der Waals surface area (Å²) in [5.41, 5.74) is 2.24. The quantitative estimate of drug-likeness (QED) is 0.150. The minimum atomic E-state index is -5.20. The molecule has 0 atom stereocenters. The zero-order valence-electron chi connectivity index (χ0n) is 36.0. The molecule has 320 valence electrons. The molecule has 2 nitrogen and oxygen atoms in total. The normalized spacial score (nSPS) is 14.6. The van der Waals surface area contributed by atoms with E-state index in [0.29, 0.717) is 59.1 Å². The monoisotopic (exact) mass is 872 g/mol. The Hall–Kier alpha value is -4.80. The van der Waals surface area contributed by atoms with Gasteiger partial charge in [-0.2, -0.15) is 17.6 Å². The lowest BCUT2D eigenvalue weighted by atomic mass is 9.69. The number of aromatic hydroxyl groups is 2. The number of alkyl halides is 6. The van der Waals surface area contributed by atoms with Crippen molar-refractivity contribution in [2.45, 2.75) is 97.3 Å². The number of benzene rings is 4. The zero-order chi connectivity index (χ0) is 44.8. The summed E-state index contributed by atoms with van der Waals surface area (Å²) in [6.07, 6.45) is 0. The summed E-state index contributed by atoms with van der Waals surface area (Å²) in [6.45, 7) is 15.1. The maximum absolute atomic E-state index is 17.1. The predicted octanol–water partition coefficient (Wildman–Crippen LogP) is 15.2. The third-order valence-electron chi connectivity index (χ3n) is 12.0. The first kappa shape index (κ1) is 44.3. The Kier molecular flexibility index (Phi) is 11.0. The minimum Gasteiger partial charge on any atom is -0.507 e. The molecule has 6 aromatic rings. The van der Waals surface area contributed by atoms with Gasteiger partial charge in [0.1, 0.15) is 18.2 Å². The first-order valence-electron chi connectivity index (χ1n) is 20.1. The number of phenolic OH excluding ortho intramolecular Hbond substituents is 2. The molecule has 2 N–H and O–H groups in total. The van der Waals surface area contributed by atoms with Gasteiger partial charge < -0.3 is 10.2 Å². The van der Waals surface area contributed by atoms with Gasteiger partial charge in [-0.05, 0) is 136 Å². The van der Waals surface area contributed by atoms with Gasteiger partial charge in [-0.1, -0.05) is 90.1 Å². The van der Waals surface area contributed by atoms with Crippen molar-refractivity contribution in [1.82, 2.24) is 0 Å². The molecule has 7 rings (SSSR count). The second kappa shape index (κ2) is 15.2. The van der Waals surface area contributed by atoms with Crippen LogP contribution < -0.4 is 0 Å². The van der Waals surface area contributed by atoms with E-state index in [2.05, 4.69) is 41.5 Å². The van der Waals surface area contributed by atoms with E-state index in [9.17, 15) is 14.6 Å². The highest BCUT2D eigenvalue weighted by Crippen LogP contribution is 2.62. The number of allylic oxidation sites excluding steroid dienone is 2. The molecule has 2 heterocycles. The fourth-order valence-electron chi connectivity index (χ4n) is 8.53. The van der Waals surface area contributed by atoms with Gasteiger partial charge in [0.25, 0.3) is 0 Å². The number of phenols is 2. The molecule has 0 amide bonds. The van der Waals surface area contributed by atoms with Crippen molar-refractivity contribution in [2.75, 3.05) is 13.3 Å². The van der Waals surface area contributed by atoms with E-state index in [0.717, 1.165) is 22.5 Å². The zero-order valence-corrected chi connectivity index (χ0v) is 37.6. The Morgan fingerprint density at radius 2 is 0.902 bits per heavy atom. The fraction of sp³-hybridized carbons (Fsp3) is 0.333. The van der Waals surface area contributed by atoms with Crippen LogP contribution in [0.15, 0.2) is 84.9 Å². The predicted molar refractivity (Wildman–Crippen MR) is 240 cm³/mol. The Morgan fingerprint density at radius 1 is 0.541 bits per heavy atom. The Morgan fingerprint density at radius 3 is 1.25 bits per heavy atom. The van der Waals surface area contributed by atoms with Gasteiger partial charge in [-0.15, -0.1) is 22.7 Å². The van der Waals surface area contributed by atoms with E-state index in [1.807, 2.05) is 48.5 Å². The van der Waals surface area contributed by atoms with Crippen LogP contribution >= 0.6 is 22.7 Å². The van der Waals surface area contributed by atoms with Crippen LogP contribution in [0, 0.1) is 27.7 Å². The van der Waals surface area contributed by atoms with E-state index in [-0.39, 0.29) is 38.3 Å². The molecular weight excluding hydrogens is 823 g/mol. The SMILES string of the molecule is Cc1cc(-c2cc3c(s2)C(c2ccc(C(C)(C)C)cc2)(c2ccc(C(C)(C)C)cc2)c2sc(-c4cc(C)c(O)c(C)c4)cc2C(C(F)(F)C(F)(F)CF)=C3CF)cc(C)c1O. The Bertz CT molecular complexity index is 2580.